The Bertz CT molecular complexity index is 1200. The zero-order valence-electron chi connectivity index (χ0n) is 16.3. The smallest absolute Gasteiger partial charge is 0.289 e. The molecule has 0 bridgehead atoms. The predicted octanol–water partition coefficient (Wildman–Crippen LogP) is 4.88. The molecule has 1 aromatic carbocycles. The summed E-state index contributed by atoms with van der Waals surface area (Å²) in [7, 11) is 0. The van der Waals surface area contributed by atoms with Gasteiger partial charge in [0.1, 0.15) is 10.6 Å². The molecular weight excluding hydrogens is 420 g/mol. The highest BCUT2D eigenvalue weighted by Gasteiger charge is 2.27. The Balaban J connectivity index is 1.46. The molecule has 6 nitrogen and oxygen atoms in total. The molecule has 3 aromatic heterocycles. The zero-order valence-corrected chi connectivity index (χ0v) is 17.9. The SMILES string of the molecule is Cc1ccc(-c2csc3nc(Cl)nc(N4CCN(C(=O)c5ccco5)CC4)c23)cc1. The lowest BCUT2D eigenvalue weighted by Gasteiger charge is -2.35. The molecule has 0 unspecified atom stereocenters. The number of carbonyl (C=O) groups excluding carboxylic acids is 1. The van der Waals surface area contributed by atoms with Crippen molar-refractivity contribution in [3.05, 3.63) is 64.6 Å². The highest BCUT2D eigenvalue weighted by atomic mass is 35.5. The van der Waals surface area contributed by atoms with Gasteiger partial charge >= 0.3 is 0 Å². The number of aryl methyl sites for hydroxylation is 1. The minimum atomic E-state index is -0.0820. The van der Waals surface area contributed by atoms with Gasteiger partial charge in [-0.3, -0.25) is 4.79 Å². The van der Waals surface area contributed by atoms with Crippen LogP contribution in [0.2, 0.25) is 5.28 Å². The molecule has 1 saturated heterocycles. The summed E-state index contributed by atoms with van der Waals surface area (Å²) in [6.45, 7) is 4.59. The number of halogens is 1. The van der Waals surface area contributed by atoms with Crippen LogP contribution in [0, 0.1) is 6.92 Å². The average Bonchev–Trinajstić information content (AvgIpc) is 3.44. The molecular formula is C22H19ClN4O2S. The first-order valence-corrected chi connectivity index (χ1v) is 11.0. The third-order valence-electron chi connectivity index (χ3n) is 5.35. The molecule has 4 heterocycles. The number of carbonyl (C=O) groups is 1. The molecule has 0 aliphatic carbocycles. The molecule has 1 aliphatic rings. The number of hydrogen-bond donors (Lipinski definition) is 0. The maximum atomic E-state index is 12.6. The van der Waals surface area contributed by atoms with E-state index in [9.17, 15) is 4.79 Å². The average molecular weight is 439 g/mol. The summed E-state index contributed by atoms with van der Waals surface area (Å²) >= 11 is 7.82. The molecule has 0 atom stereocenters. The fourth-order valence-corrected chi connectivity index (χ4v) is 4.91. The minimum Gasteiger partial charge on any atom is -0.459 e. The van der Waals surface area contributed by atoms with Crippen molar-refractivity contribution in [2.75, 3.05) is 31.1 Å². The summed E-state index contributed by atoms with van der Waals surface area (Å²) in [6.07, 6.45) is 1.52. The normalized spacial score (nSPS) is 14.5. The summed E-state index contributed by atoms with van der Waals surface area (Å²) in [5, 5.41) is 3.36. The number of amides is 1. The van der Waals surface area contributed by atoms with Crippen LogP contribution in [0.15, 0.2) is 52.5 Å². The van der Waals surface area contributed by atoms with E-state index in [2.05, 4.69) is 51.4 Å². The lowest BCUT2D eigenvalue weighted by atomic mass is 10.0. The summed E-state index contributed by atoms with van der Waals surface area (Å²) in [6, 6.07) is 11.9. The van der Waals surface area contributed by atoms with E-state index in [4.69, 9.17) is 16.0 Å². The Morgan fingerprint density at radius 2 is 1.87 bits per heavy atom. The monoisotopic (exact) mass is 438 g/mol. The van der Waals surface area contributed by atoms with Crippen LogP contribution in [0.3, 0.4) is 0 Å². The first-order valence-electron chi connectivity index (χ1n) is 9.69. The van der Waals surface area contributed by atoms with Crippen molar-refractivity contribution in [2.45, 2.75) is 6.92 Å². The number of anilines is 1. The molecule has 1 aliphatic heterocycles. The molecule has 5 rings (SSSR count). The van der Waals surface area contributed by atoms with E-state index < -0.39 is 0 Å². The Kier molecular flexibility index (Phi) is 4.92. The summed E-state index contributed by atoms with van der Waals surface area (Å²) in [5.74, 6) is 1.11. The van der Waals surface area contributed by atoms with Gasteiger partial charge in [-0.1, -0.05) is 29.8 Å². The van der Waals surface area contributed by atoms with E-state index in [0.717, 1.165) is 27.2 Å². The Morgan fingerprint density at radius 3 is 2.57 bits per heavy atom. The molecule has 0 spiro atoms. The van der Waals surface area contributed by atoms with Gasteiger partial charge < -0.3 is 14.2 Å². The van der Waals surface area contributed by atoms with Crippen molar-refractivity contribution < 1.29 is 9.21 Å². The van der Waals surface area contributed by atoms with Gasteiger partial charge in [-0.25, -0.2) is 4.98 Å². The number of rotatable bonds is 3. The van der Waals surface area contributed by atoms with Crippen LogP contribution in [0.5, 0.6) is 0 Å². The zero-order chi connectivity index (χ0) is 20.7. The molecule has 30 heavy (non-hydrogen) atoms. The van der Waals surface area contributed by atoms with Crippen LogP contribution in [-0.2, 0) is 0 Å². The lowest BCUT2D eigenvalue weighted by Crippen LogP contribution is -2.49. The molecule has 8 heteroatoms. The predicted molar refractivity (Wildman–Crippen MR) is 119 cm³/mol. The largest absolute Gasteiger partial charge is 0.459 e. The Labute approximate surface area is 182 Å². The van der Waals surface area contributed by atoms with Gasteiger partial charge in [0.05, 0.1) is 11.6 Å². The number of thiophene rings is 1. The number of hydrogen-bond acceptors (Lipinski definition) is 6. The second-order valence-corrected chi connectivity index (χ2v) is 8.46. The van der Waals surface area contributed by atoms with Gasteiger partial charge in [0.15, 0.2) is 5.76 Å². The molecule has 0 saturated carbocycles. The fourth-order valence-electron chi connectivity index (χ4n) is 3.75. The number of furan rings is 1. The van der Waals surface area contributed by atoms with Crippen LogP contribution in [0.4, 0.5) is 5.82 Å². The summed E-state index contributed by atoms with van der Waals surface area (Å²) in [5.41, 5.74) is 3.46. The van der Waals surface area contributed by atoms with Crippen LogP contribution in [0.1, 0.15) is 16.1 Å². The van der Waals surface area contributed by atoms with Crippen LogP contribution >= 0.6 is 22.9 Å². The minimum absolute atomic E-state index is 0.0820. The van der Waals surface area contributed by atoms with Gasteiger partial charge in [-0.05, 0) is 36.2 Å². The van der Waals surface area contributed by atoms with Crippen molar-refractivity contribution in [1.82, 2.24) is 14.9 Å². The van der Waals surface area contributed by atoms with E-state index in [1.165, 1.54) is 11.8 Å². The van der Waals surface area contributed by atoms with Crippen molar-refractivity contribution >= 4 is 44.9 Å². The molecule has 1 fully saturated rings. The Morgan fingerprint density at radius 1 is 1.10 bits per heavy atom. The maximum Gasteiger partial charge on any atom is 0.289 e. The number of nitrogens with zero attached hydrogens (tertiary/aromatic N) is 4. The molecule has 4 aromatic rings. The third kappa shape index (κ3) is 3.44. The van der Waals surface area contributed by atoms with Gasteiger partial charge in [0, 0.05) is 37.1 Å². The standard InChI is InChI=1S/C22H19ClN4O2S/c1-14-4-6-15(7-5-14)16-13-30-20-18(16)19(24-22(23)25-20)26-8-10-27(11-9-26)21(28)17-3-2-12-29-17/h2-7,12-13H,8-11H2,1H3. The Hall–Kier alpha value is -2.90. The number of fused-ring (bicyclic) bond motifs is 1. The van der Waals surface area contributed by atoms with Crippen molar-refractivity contribution in [1.29, 1.82) is 0 Å². The second-order valence-electron chi connectivity index (χ2n) is 7.27. The molecule has 0 radical (unpaired) electrons. The quantitative estimate of drug-likeness (QED) is 0.427. The van der Waals surface area contributed by atoms with Gasteiger partial charge in [0.2, 0.25) is 5.28 Å². The third-order valence-corrected chi connectivity index (χ3v) is 6.39. The van der Waals surface area contributed by atoms with Crippen molar-refractivity contribution in [3.63, 3.8) is 0 Å². The molecule has 1 amide bonds. The highest BCUT2D eigenvalue weighted by Crippen LogP contribution is 2.39. The molecule has 0 N–H and O–H groups in total. The van der Waals surface area contributed by atoms with Crippen LogP contribution < -0.4 is 4.90 Å². The summed E-state index contributed by atoms with van der Waals surface area (Å²) in [4.78, 5) is 26.5. The number of aromatic nitrogens is 2. The first kappa shape index (κ1) is 19.1. The van der Waals surface area contributed by atoms with Gasteiger partial charge in [-0.15, -0.1) is 11.3 Å². The van der Waals surface area contributed by atoms with Crippen LogP contribution in [0.25, 0.3) is 21.3 Å². The van der Waals surface area contributed by atoms with Gasteiger partial charge in [-0.2, -0.15) is 4.98 Å². The summed E-state index contributed by atoms with van der Waals surface area (Å²) < 4.78 is 5.25. The number of piperazine rings is 1. The van der Waals surface area contributed by atoms with E-state index in [0.29, 0.717) is 31.9 Å². The van der Waals surface area contributed by atoms with E-state index in [-0.39, 0.29) is 11.2 Å². The van der Waals surface area contributed by atoms with E-state index in [1.54, 1.807) is 23.5 Å². The van der Waals surface area contributed by atoms with Gasteiger partial charge in [0.25, 0.3) is 5.91 Å². The van der Waals surface area contributed by atoms with Crippen molar-refractivity contribution in [3.8, 4) is 11.1 Å². The fraction of sp³-hybridized carbons (Fsp3) is 0.227. The second kappa shape index (κ2) is 7.74. The van der Waals surface area contributed by atoms with E-state index in [1.807, 2.05) is 4.90 Å². The van der Waals surface area contributed by atoms with Crippen molar-refractivity contribution in [2.24, 2.45) is 0 Å². The molecule has 152 valence electrons. The van der Waals surface area contributed by atoms with Crippen LogP contribution in [-0.4, -0.2) is 47.0 Å². The maximum absolute atomic E-state index is 12.6. The van der Waals surface area contributed by atoms with E-state index >= 15 is 0 Å². The lowest BCUT2D eigenvalue weighted by molar-refractivity contribution is 0.0714. The first-order chi connectivity index (χ1) is 14.6. The highest BCUT2D eigenvalue weighted by molar-refractivity contribution is 7.17. The topological polar surface area (TPSA) is 62.5 Å². The number of benzene rings is 1.